The molecule has 27 heavy (non-hydrogen) atoms. The van der Waals surface area contributed by atoms with Crippen LogP contribution in [0.5, 0.6) is 0 Å². The van der Waals surface area contributed by atoms with Crippen molar-refractivity contribution in [2.24, 2.45) is 0 Å². The van der Waals surface area contributed by atoms with Gasteiger partial charge in [-0.3, -0.25) is 9.78 Å². The van der Waals surface area contributed by atoms with Gasteiger partial charge in [-0.15, -0.1) is 0 Å². The normalized spacial score (nSPS) is 10.6. The van der Waals surface area contributed by atoms with Crippen molar-refractivity contribution in [2.45, 2.75) is 6.92 Å². The largest absolute Gasteiger partial charge is 0.334 e. The van der Waals surface area contributed by atoms with Gasteiger partial charge in [0.2, 0.25) is 5.82 Å². The van der Waals surface area contributed by atoms with E-state index in [0.29, 0.717) is 23.0 Å². The SMILES string of the molecule is Cc1ccccc1-c1nc(-c2ccc(NC(=O)c3cccnc3)cc2)no1. The van der Waals surface area contributed by atoms with Crippen LogP contribution in [0, 0.1) is 6.92 Å². The maximum absolute atomic E-state index is 12.2. The fourth-order valence-corrected chi connectivity index (χ4v) is 2.67. The molecular formula is C21H16N4O2. The molecule has 0 aliphatic heterocycles. The first-order valence-corrected chi connectivity index (χ1v) is 8.42. The van der Waals surface area contributed by atoms with E-state index in [-0.39, 0.29) is 5.91 Å². The first-order valence-electron chi connectivity index (χ1n) is 8.42. The standard InChI is InChI=1S/C21H16N4O2/c1-14-5-2-3-7-18(14)21-24-19(25-27-21)15-8-10-17(11-9-15)23-20(26)16-6-4-12-22-13-16/h2-13H,1H3,(H,23,26). The lowest BCUT2D eigenvalue weighted by Crippen LogP contribution is -2.11. The molecular weight excluding hydrogens is 340 g/mol. The van der Waals surface area contributed by atoms with Crippen molar-refractivity contribution in [1.29, 1.82) is 0 Å². The fourth-order valence-electron chi connectivity index (χ4n) is 2.67. The highest BCUT2D eigenvalue weighted by Gasteiger charge is 2.12. The highest BCUT2D eigenvalue weighted by atomic mass is 16.5. The van der Waals surface area contributed by atoms with Crippen molar-refractivity contribution in [1.82, 2.24) is 15.1 Å². The average Bonchev–Trinajstić information content (AvgIpc) is 3.19. The molecule has 0 aliphatic carbocycles. The summed E-state index contributed by atoms with van der Waals surface area (Å²) in [7, 11) is 0. The number of amides is 1. The Balaban J connectivity index is 1.51. The van der Waals surface area contributed by atoms with Crippen LogP contribution in [0.15, 0.2) is 77.6 Å². The quantitative estimate of drug-likeness (QED) is 0.587. The van der Waals surface area contributed by atoms with E-state index in [1.165, 1.54) is 6.20 Å². The molecule has 0 atom stereocenters. The monoisotopic (exact) mass is 356 g/mol. The van der Waals surface area contributed by atoms with Gasteiger partial charge >= 0.3 is 0 Å². The molecule has 2 aromatic heterocycles. The van der Waals surface area contributed by atoms with Gasteiger partial charge in [-0.05, 0) is 55.0 Å². The molecule has 0 aliphatic rings. The van der Waals surface area contributed by atoms with Crippen molar-refractivity contribution in [3.63, 3.8) is 0 Å². The van der Waals surface area contributed by atoms with Crippen LogP contribution >= 0.6 is 0 Å². The minimum absolute atomic E-state index is 0.211. The van der Waals surface area contributed by atoms with Crippen LogP contribution < -0.4 is 5.32 Å². The molecule has 1 N–H and O–H groups in total. The Morgan fingerprint density at radius 2 is 1.81 bits per heavy atom. The van der Waals surface area contributed by atoms with Gasteiger partial charge in [-0.25, -0.2) is 0 Å². The number of pyridine rings is 1. The molecule has 4 aromatic rings. The molecule has 0 radical (unpaired) electrons. The lowest BCUT2D eigenvalue weighted by molar-refractivity contribution is 0.102. The van der Waals surface area contributed by atoms with E-state index >= 15 is 0 Å². The summed E-state index contributed by atoms with van der Waals surface area (Å²) < 4.78 is 5.40. The number of anilines is 1. The number of carbonyl (C=O) groups is 1. The van der Waals surface area contributed by atoms with E-state index in [2.05, 4.69) is 20.4 Å². The molecule has 2 heterocycles. The van der Waals surface area contributed by atoms with Gasteiger partial charge in [-0.2, -0.15) is 4.98 Å². The first-order chi connectivity index (χ1) is 13.2. The van der Waals surface area contributed by atoms with Gasteiger partial charge < -0.3 is 9.84 Å². The number of carbonyl (C=O) groups excluding carboxylic acids is 1. The van der Waals surface area contributed by atoms with Gasteiger partial charge in [0.25, 0.3) is 11.8 Å². The van der Waals surface area contributed by atoms with Gasteiger partial charge in [0.05, 0.1) is 5.56 Å². The lowest BCUT2D eigenvalue weighted by Gasteiger charge is -2.05. The molecule has 6 nitrogen and oxygen atoms in total. The predicted molar refractivity (Wildman–Crippen MR) is 102 cm³/mol. The summed E-state index contributed by atoms with van der Waals surface area (Å²) >= 11 is 0. The van der Waals surface area contributed by atoms with Gasteiger partial charge in [-0.1, -0.05) is 23.4 Å². The Kier molecular flexibility index (Phi) is 4.45. The molecule has 0 saturated carbocycles. The second-order valence-corrected chi connectivity index (χ2v) is 6.01. The van der Waals surface area contributed by atoms with Crippen molar-refractivity contribution >= 4 is 11.6 Å². The second-order valence-electron chi connectivity index (χ2n) is 6.01. The Bertz CT molecular complexity index is 1070. The first kappa shape index (κ1) is 16.7. The summed E-state index contributed by atoms with van der Waals surface area (Å²) in [5.74, 6) is 0.771. The molecule has 1 amide bonds. The molecule has 132 valence electrons. The summed E-state index contributed by atoms with van der Waals surface area (Å²) in [4.78, 5) is 20.6. The Labute approximate surface area is 155 Å². The van der Waals surface area contributed by atoms with Gasteiger partial charge in [0.1, 0.15) is 0 Å². The van der Waals surface area contributed by atoms with E-state index in [1.54, 1.807) is 30.5 Å². The van der Waals surface area contributed by atoms with Crippen LogP contribution in [0.3, 0.4) is 0 Å². The number of aryl methyl sites for hydroxylation is 1. The zero-order valence-corrected chi connectivity index (χ0v) is 14.6. The second kappa shape index (κ2) is 7.21. The number of nitrogens with zero attached hydrogens (tertiary/aromatic N) is 3. The van der Waals surface area contributed by atoms with Crippen LogP contribution in [-0.4, -0.2) is 21.0 Å². The average molecular weight is 356 g/mol. The van der Waals surface area contributed by atoms with Crippen LogP contribution in [0.25, 0.3) is 22.8 Å². The molecule has 0 bridgehead atoms. The molecule has 2 aromatic carbocycles. The Morgan fingerprint density at radius 1 is 1.00 bits per heavy atom. The number of hydrogen-bond donors (Lipinski definition) is 1. The summed E-state index contributed by atoms with van der Waals surface area (Å²) in [6.45, 7) is 2.00. The van der Waals surface area contributed by atoms with Crippen LogP contribution in [0.2, 0.25) is 0 Å². The van der Waals surface area contributed by atoms with Crippen molar-refractivity contribution in [3.05, 3.63) is 84.2 Å². The number of nitrogens with one attached hydrogen (secondary N) is 1. The molecule has 0 saturated heterocycles. The molecule has 0 spiro atoms. The number of rotatable bonds is 4. The summed E-state index contributed by atoms with van der Waals surface area (Å²) in [5, 5.41) is 6.89. The van der Waals surface area contributed by atoms with Crippen molar-refractivity contribution in [2.75, 3.05) is 5.32 Å². The predicted octanol–water partition coefficient (Wildman–Crippen LogP) is 4.36. The van der Waals surface area contributed by atoms with Crippen molar-refractivity contribution < 1.29 is 9.32 Å². The van der Waals surface area contributed by atoms with E-state index in [4.69, 9.17) is 4.52 Å². The van der Waals surface area contributed by atoms with E-state index in [0.717, 1.165) is 16.7 Å². The molecule has 0 fully saturated rings. The third-order valence-electron chi connectivity index (χ3n) is 4.13. The summed E-state index contributed by atoms with van der Waals surface area (Å²) in [6, 6.07) is 18.6. The highest BCUT2D eigenvalue weighted by Crippen LogP contribution is 2.25. The third kappa shape index (κ3) is 3.59. The number of aromatic nitrogens is 3. The number of benzene rings is 2. The van der Waals surface area contributed by atoms with E-state index in [1.807, 2.05) is 43.3 Å². The van der Waals surface area contributed by atoms with E-state index in [9.17, 15) is 4.79 Å². The summed E-state index contributed by atoms with van der Waals surface area (Å²) in [5.41, 5.74) is 3.97. The van der Waals surface area contributed by atoms with Gasteiger partial charge in [0.15, 0.2) is 0 Å². The Morgan fingerprint density at radius 3 is 2.56 bits per heavy atom. The minimum Gasteiger partial charge on any atom is -0.334 e. The van der Waals surface area contributed by atoms with Gasteiger partial charge in [0, 0.05) is 29.2 Å². The zero-order valence-electron chi connectivity index (χ0n) is 14.6. The van der Waals surface area contributed by atoms with E-state index < -0.39 is 0 Å². The molecule has 4 rings (SSSR count). The third-order valence-corrected chi connectivity index (χ3v) is 4.13. The fraction of sp³-hybridized carbons (Fsp3) is 0.0476. The maximum atomic E-state index is 12.2. The minimum atomic E-state index is -0.211. The zero-order chi connectivity index (χ0) is 18.6. The van der Waals surface area contributed by atoms with Crippen LogP contribution in [0.1, 0.15) is 15.9 Å². The number of hydrogen-bond acceptors (Lipinski definition) is 5. The van der Waals surface area contributed by atoms with Crippen LogP contribution in [-0.2, 0) is 0 Å². The molecule has 6 heteroatoms. The smallest absolute Gasteiger partial charge is 0.258 e. The topological polar surface area (TPSA) is 80.9 Å². The maximum Gasteiger partial charge on any atom is 0.258 e. The highest BCUT2D eigenvalue weighted by molar-refractivity contribution is 6.04. The van der Waals surface area contributed by atoms with Crippen molar-refractivity contribution in [3.8, 4) is 22.8 Å². The Hall–Kier alpha value is -3.80. The molecule has 0 unspecified atom stereocenters. The summed E-state index contributed by atoms with van der Waals surface area (Å²) in [6.07, 6.45) is 3.15. The van der Waals surface area contributed by atoms with Crippen LogP contribution in [0.4, 0.5) is 5.69 Å². The lowest BCUT2D eigenvalue weighted by atomic mass is 10.1.